The van der Waals surface area contributed by atoms with Crippen LogP contribution in [0.2, 0.25) is 0 Å². The van der Waals surface area contributed by atoms with Gasteiger partial charge in [-0.1, -0.05) is 71.6 Å². The molecule has 0 aromatic carbocycles. The second-order valence-corrected chi connectivity index (χ2v) is 7.28. The first-order chi connectivity index (χ1) is 11.2. The van der Waals surface area contributed by atoms with Crippen LogP contribution in [-0.4, -0.2) is 4.57 Å². The lowest BCUT2D eigenvalue weighted by Crippen LogP contribution is -3.00. The number of aromatic nitrogens is 2. The van der Waals surface area contributed by atoms with Crippen molar-refractivity contribution in [2.45, 2.75) is 110 Å². The van der Waals surface area contributed by atoms with E-state index in [4.69, 9.17) is 0 Å². The molecule has 0 radical (unpaired) electrons. The maximum atomic E-state index is 2.53. The molecule has 1 unspecified atom stereocenters. The lowest BCUT2D eigenvalue weighted by Gasteiger charge is -2.15. The van der Waals surface area contributed by atoms with Crippen molar-refractivity contribution < 1.29 is 17.0 Å². The molecule has 0 N–H and O–H groups in total. The first-order valence-electron chi connectivity index (χ1n) is 10.2. The second kappa shape index (κ2) is 14.8. The van der Waals surface area contributed by atoms with Gasteiger partial charge in [-0.15, -0.1) is 0 Å². The molecule has 0 bridgehead atoms. The predicted molar refractivity (Wildman–Crippen MR) is 101 cm³/mol. The van der Waals surface area contributed by atoms with Gasteiger partial charge in [0, 0.05) is 6.92 Å². The predicted octanol–water partition coefficient (Wildman–Crippen LogP) is 3.28. The summed E-state index contributed by atoms with van der Waals surface area (Å²) in [7, 11) is 2.16. The molecular formula is C21H41ClN2. The van der Waals surface area contributed by atoms with E-state index in [1.165, 1.54) is 89.3 Å². The molecule has 1 heterocycles. The van der Waals surface area contributed by atoms with Gasteiger partial charge >= 0.3 is 0 Å². The van der Waals surface area contributed by atoms with Crippen molar-refractivity contribution in [3.05, 3.63) is 18.2 Å². The Morgan fingerprint density at radius 2 is 1.29 bits per heavy atom. The van der Waals surface area contributed by atoms with E-state index < -0.39 is 0 Å². The number of hydrogen-bond donors (Lipinski definition) is 0. The molecule has 0 aliphatic carbocycles. The van der Waals surface area contributed by atoms with Crippen LogP contribution in [-0.2, 0) is 7.05 Å². The molecule has 0 aliphatic heterocycles. The van der Waals surface area contributed by atoms with E-state index in [0.29, 0.717) is 6.04 Å². The van der Waals surface area contributed by atoms with E-state index in [9.17, 15) is 0 Å². The van der Waals surface area contributed by atoms with Crippen molar-refractivity contribution in [1.82, 2.24) is 4.57 Å². The van der Waals surface area contributed by atoms with Crippen LogP contribution in [0.3, 0.4) is 0 Å². The Hall–Kier alpha value is -0.500. The second-order valence-electron chi connectivity index (χ2n) is 7.28. The normalized spacial score (nSPS) is 12.2. The maximum absolute atomic E-state index is 2.53. The van der Waals surface area contributed by atoms with Crippen LogP contribution in [0, 0.1) is 6.92 Å². The van der Waals surface area contributed by atoms with Gasteiger partial charge in [0.15, 0.2) is 0 Å². The fourth-order valence-electron chi connectivity index (χ4n) is 3.52. The smallest absolute Gasteiger partial charge is 0.253 e. The molecule has 0 saturated heterocycles. The van der Waals surface area contributed by atoms with Crippen LogP contribution < -0.4 is 17.0 Å². The van der Waals surface area contributed by atoms with Gasteiger partial charge in [0.1, 0.15) is 18.4 Å². The summed E-state index contributed by atoms with van der Waals surface area (Å²) < 4.78 is 4.78. The molecule has 1 aromatic heterocycles. The quantitative estimate of drug-likeness (QED) is 0.357. The maximum Gasteiger partial charge on any atom is 0.253 e. The highest BCUT2D eigenvalue weighted by atomic mass is 35.5. The summed E-state index contributed by atoms with van der Waals surface area (Å²) in [6, 6.07) is 0.712. The minimum atomic E-state index is 0. The standard InChI is InChI=1S/C21H41N2.ClH/c1-5-7-9-11-12-13-15-17-21(16-14-10-8-6-2)23-19-18-22(4)20(23)3;/h18-19,21H,5-17H2,1-4H3;1H/q+1;/p-1. The average Bonchev–Trinajstić information content (AvgIpc) is 2.88. The Morgan fingerprint density at radius 1 is 0.833 bits per heavy atom. The van der Waals surface area contributed by atoms with E-state index in [-0.39, 0.29) is 12.4 Å². The molecule has 142 valence electrons. The van der Waals surface area contributed by atoms with E-state index in [1.807, 2.05) is 0 Å². The van der Waals surface area contributed by atoms with Crippen LogP contribution in [0.15, 0.2) is 12.4 Å². The highest BCUT2D eigenvalue weighted by molar-refractivity contribution is 4.85. The summed E-state index contributed by atoms with van der Waals surface area (Å²) in [5, 5.41) is 0. The molecule has 3 heteroatoms. The topological polar surface area (TPSA) is 8.81 Å². The largest absolute Gasteiger partial charge is 1.00 e. The Kier molecular flexibility index (Phi) is 14.5. The molecule has 1 aromatic rings. The van der Waals surface area contributed by atoms with Gasteiger partial charge in [0.25, 0.3) is 5.82 Å². The minimum Gasteiger partial charge on any atom is -1.00 e. The number of rotatable bonds is 14. The summed E-state index contributed by atoms with van der Waals surface area (Å²) in [4.78, 5) is 0. The van der Waals surface area contributed by atoms with Crippen molar-refractivity contribution in [3.63, 3.8) is 0 Å². The van der Waals surface area contributed by atoms with Crippen LogP contribution in [0.25, 0.3) is 0 Å². The lowest BCUT2D eigenvalue weighted by atomic mass is 10.00. The highest BCUT2D eigenvalue weighted by Gasteiger charge is 2.19. The Labute approximate surface area is 157 Å². The van der Waals surface area contributed by atoms with Gasteiger partial charge < -0.3 is 12.4 Å². The first kappa shape index (κ1) is 23.5. The summed E-state index contributed by atoms with van der Waals surface area (Å²) in [6.07, 6.45) is 22.6. The van der Waals surface area contributed by atoms with Crippen LogP contribution in [0.1, 0.15) is 109 Å². The fraction of sp³-hybridized carbons (Fsp3) is 0.857. The van der Waals surface area contributed by atoms with E-state index in [0.717, 1.165) is 0 Å². The van der Waals surface area contributed by atoms with E-state index in [1.54, 1.807) is 0 Å². The van der Waals surface area contributed by atoms with Crippen molar-refractivity contribution in [3.8, 4) is 0 Å². The Bertz CT molecular complexity index is 401. The summed E-state index contributed by atoms with van der Waals surface area (Å²) in [6.45, 7) is 6.85. The number of halogens is 1. The minimum absolute atomic E-state index is 0. The number of imidazole rings is 1. The average molecular weight is 357 g/mol. The number of hydrogen-bond acceptors (Lipinski definition) is 0. The molecule has 0 aliphatic rings. The van der Waals surface area contributed by atoms with Gasteiger partial charge in [-0.2, -0.15) is 0 Å². The van der Waals surface area contributed by atoms with Crippen molar-refractivity contribution in [2.75, 3.05) is 0 Å². The third-order valence-corrected chi connectivity index (χ3v) is 5.26. The number of aryl methyl sites for hydroxylation is 1. The summed E-state index contributed by atoms with van der Waals surface area (Å²) >= 11 is 0. The summed E-state index contributed by atoms with van der Waals surface area (Å²) in [5.41, 5.74) is 0. The molecule has 0 spiro atoms. The zero-order valence-electron chi connectivity index (χ0n) is 16.7. The molecule has 0 fully saturated rings. The monoisotopic (exact) mass is 356 g/mol. The molecule has 1 atom stereocenters. The first-order valence-corrected chi connectivity index (χ1v) is 10.2. The number of nitrogens with zero attached hydrogens (tertiary/aromatic N) is 2. The van der Waals surface area contributed by atoms with Crippen LogP contribution in [0.4, 0.5) is 0 Å². The molecule has 0 amide bonds. The van der Waals surface area contributed by atoms with Gasteiger partial charge in [-0.3, -0.25) is 0 Å². The SMILES string of the molecule is CCCCCCCCCC(CCCCCC)n1cc[n+](C)c1C.[Cl-]. The van der Waals surface area contributed by atoms with E-state index in [2.05, 4.69) is 49.3 Å². The zero-order chi connectivity index (χ0) is 16.9. The molecule has 24 heavy (non-hydrogen) atoms. The van der Waals surface area contributed by atoms with Crippen molar-refractivity contribution in [1.29, 1.82) is 0 Å². The van der Waals surface area contributed by atoms with E-state index >= 15 is 0 Å². The van der Waals surface area contributed by atoms with Crippen molar-refractivity contribution >= 4 is 0 Å². The highest BCUT2D eigenvalue weighted by Crippen LogP contribution is 2.24. The molecule has 1 rings (SSSR count). The fourth-order valence-corrected chi connectivity index (χ4v) is 3.52. The van der Waals surface area contributed by atoms with Crippen LogP contribution >= 0.6 is 0 Å². The Balaban J connectivity index is 0.00000529. The van der Waals surface area contributed by atoms with Crippen LogP contribution in [0.5, 0.6) is 0 Å². The molecule has 0 saturated carbocycles. The lowest BCUT2D eigenvalue weighted by molar-refractivity contribution is -0.677. The molecule has 2 nitrogen and oxygen atoms in total. The van der Waals surface area contributed by atoms with Crippen molar-refractivity contribution in [2.24, 2.45) is 7.05 Å². The summed E-state index contributed by atoms with van der Waals surface area (Å²) in [5.74, 6) is 1.40. The van der Waals surface area contributed by atoms with Gasteiger partial charge in [0.05, 0.1) is 7.05 Å². The number of unbranched alkanes of at least 4 members (excludes halogenated alkanes) is 9. The third-order valence-electron chi connectivity index (χ3n) is 5.26. The third kappa shape index (κ3) is 9.11. The van der Waals surface area contributed by atoms with Gasteiger partial charge in [0.2, 0.25) is 0 Å². The van der Waals surface area contributed by atoms with Gasteiger partial charge in [-0.25, -0.2) is 9.13 Å². The zero-order valence-corrected chi connectivity index (χ0v) is 17.5. The molecular weight excluding hydrogens is 316 g/mol. The Morgan fingerprint density at radius 3 is 1.75 bits per heavy atom. The van der Waals surface area contributed by atoms with Gasteiger partial charge in [-0.05, 0) is 25.7 Å².